The zero-order valence-corrected chi connectivity index (χ0v) is 12.8. The third kappa shape index (κ3) is 2.74. The smallest absolute Gasteiger partial charge is 0.0775 e. The van der Waals surface area contributed by atoms with Crippen LogP contribution in [0.1, 0.15) is 55.6 Å². The minimum atomic E-state index is -0.356. The van der Waals surface area contributed by atoms with Gasteiger partial charge in [0.15, 0.2) is 0 Å². The maximum atomic E-state index is 10.3. The van der Waals surface area contributed by atoms with E-state index < -0.39 is 0 Å². The van der Waals surface area contributed by atoms with E-state index in [2.05, 4.69) is 49.5 Å². The molecule has 0 bridgehead atoms. The Hall–Kier alpha value is -1.65. The van der Waals surface area contributed by atoms with Crippen LogP contribution in [0.2, 0.25) is 0 Å². The molecule has 1 aliphatic rings. The standard InChI is InChI=1S/C17H23N3O/c1-11(2)20-10-14(9-18-20)12(3)19-17-15-7-5-4-6-13(15)8-16(17)21/h4-7,9-12,16-17,19,21H,8H2,1-3H3. The number of fused-ring (bicyclic) bond motifs is 1. The van der Waals surface area contributed by atoms with Crippen molar-refractivity contribution in [3.05, 3.63) is 53.3 Å². The molecule has 0 saturated heterocycles. The highest BCUT2D eigenvalue weighted by Crippen LogP contribution is 2.33. The van der Waals surface area contributed by atoms with Crippen molar-refractivity contribution in [3.8, 4) is 0 Å². The fourth-order valence-corrected chi connectivity index (χ4v) is 3.00. The molecule has 2 aromatic rings. The zero-order valence-electron chi connectivity index (χ0n) is 12.8. The Morgan fingerprint density at radius 2 is 2.05 bits per heavy atom. The van der Waals surface area contributed by atoms with Crippen molar-refractivity contribution >= 4 is 0 Å². The summed E-state index contributed by atoms with van der Waals surface area (Å²) in [6.45, 7) is 6.35. The zero-order chi connectivity index (χ0) is 15.0. The van der Waals surface area contributed by atoms with Gasteiger partial charge in [-0.2, -0.15) is 5.10 Å². The first-order valence-electron chi connectivity index (χ1n) is 7.62. The molecule has 3 rings (SSSR count). The van der Waals surface area contributed by atoms with Gasteiger partial charge < -0.3 is 10.4 Å². The largest absolute Gasteiger partial charge is 0.391 e. The number of aliphatic hydroxyl groups excluding tert-OH is 1. The summed E-state index contributed by atoms with van der Waals surface area (Å²) in [6, 6.07) is 8.79. The van der Waals surface area contributed by atoms with Gasteiger partial charge in [0.1, 0.15) is 0 Å². The molecule has 0 spiro atoms. The highest BCUT2D eigenvalue weighted by atomic mass is 16.3. The van der Waals surface area contributed by atoms with Crippen molar-refractivity contribution in [1.82, 2.24) is 15.1 Å². The highest BCUT2D eigenvalue weighted by molar-refractivity contribution is 5.36. The maximum absolute atomic E-state index is 10.3. The molecule has 0 fully saturated rings. The predicted molar refractivity (Wildman–Crippen MR) is 83.1 cm³/mol. The second-order valence-corrected chi connectivity index (χ2v) is 6.18. The number of rotatable bonds is 4. The molecule has 1 aromatic heterocycles. The molecule has 1 heterocycles. The molecule has 0 aliphatic heterocycles. The van der Waals surface area contributed by atoms with E-state index in [1.54, 1.807) is 0 Å². The third-order valence-electron chi connectivity index (χ3n) is 4.28. The third-order valence-corrected chi connectivity index (χ3v) is 4.28. The maximum Gasteiger partial charge on any atom is 0.0775 e. The van der Waals surface area contributed by atoms with Crippen LogP contribution in [0.5, 0.6) is 0 Å². The molecule has 4 nitrogen and oxygen atoms in total. The Morgan fingerprint density at radius 1 is 1.29 bits per heavy atom. The van der Waals surface area contributed by atoms with Gasteiger partial charge in [-0.1, -0.05) is 24.3 Å². The second kappa shape index (κ2) is 5.62. The molecule has 0 amide bonds. The van der Waals surface area contributed by atoms with Gasteiger partial charge in [-0.3, -0.25) is 4.68 Å². The van der Waals surface area contributed by atoms with Gasteiger partial charge in [-0.05, 0) is 31.9 Å². The Kier molecular flexibility index (Phi) is 3.83. The summed E-state index contributed by atoms with van der Waals surface area (Å²) in [5, 5.41) is 18.3. The first-order valence-corrected chi connectivity index (χ1v) is 7.62. The molecule has 2 N–H and O–H groups in total. The quantitative estimate of drug-likeness (QED) is 0.908. The topological polar surface area (TPSA) is 50.1 Å². The van der Waals surface area contributed by atoms with E-state index in [-0.39, 0.29) is 18.2 Å². The summed E-state index contributed by atoms with van der Waals surface area (Å²) in [4.78, 5) is 0. The van der Waals surface area contributed by atoms with Crippen molar-refractivity contribution in [3.63, 3.8) is 0 Å². The predicted octanol–water partition coefficient (Wildman–Crippen LogP) is 2.77. The monoisotopic (exact) mass is 285 g/mol. The second-order valence-electron chi connectivity index (χ2n) is 6.18. The van der Waals surface area contributed by atoms with Crippen LogP contribution in [0.15, 0.2) is 36.7 Å². The lowest BCUT2D eigenvalue weighted by molar-refractivity contribution is 0.136. The molecule has 112 valence electrons. The number of aliphatic hydroxyl groups is 1. The molecule has 3 unspecified atom stereocenters. The van der Waals surface area contributed by atoms with Crippen molar-refractivity contribution in [2.45, 2.75) is 51.4 Å². The first kappa shape index (κ1) is 14.3. The van der Waals surface area contributed by atoms with Crippen molar-refractivity contribution < 1.29 is 5.11 Å². The van der Waals surface area contributed by atoms with Gasteiger partial charge >= 0.3 is 0 Å². The van der Waals surface area contributed by atoms with Crippen LogP contribution in [0, 0.1) is 0 Å². The average Bonchev–Trinajstić information content (AvgIpc) is 3.05. The van der Waals surface area contributed by atoms with Gasteiger partial charge in [0.05, 0.1) is 18.3 Å². The van der Waals surface area contributed by atoms with Crippen molar-refractivity contribution in [2.75, 3.05) is 0 Å². The normalized spacial score (nSPS) is 22.5. The Morgan fingerprint density at radius 3 is 2.76 bits per heavy atom. The number of hydrogen-bond donors (Lipinski definition) is 2. The molecule has 0 saturated carbocycles. The SMILES string of the molecule is CC(NC1c2ccccc2CC1O)c1cnn(C(C)C)c1. The van der Waals surface area contributed by atoms with Crippen LogP contribution in [0.4, 0.5) is 0 Å². The van der Waals surface area contributed by atoms with Crippen LogP contribution in [-0.2, 0) is 6.42 Å². The molecule has 3 atom stereocenters. The van der Waals surface area contributed by atoms with E-state index >= 15 is 0 Å². The van der Waals surface area contributed by atoms with Crippen LogP contribution in [0.3, 0.4) is 0 Å². The Labute approximate surface area is 125 Å². The Bertz CT molecular complexity index is 620. The highest BCUT2D eigenvalue weighted by Gasteiger charge is 2.31. The van der Waals surface area contributed by atoms with Crippen LogP contribution < -0.4 is 5.32 Å². The fraction of sp³-hybridized carbons (Fsp3) is 0.471. The van der Waals surface area contributed by atoms with E-state index in [1.165, 1.54) is 11.1 Å². The minimum Gasteiger partial charge on any atom is -0.391 e. The number of nitrogens with one attached hydrogen (secondary N) is 1. The lowest BCUT2D eigenvalue weighted by atomic mass is 10.1. The van der Waals surface area contributed by atoms with Crippen LogP contribution in [-0.4, -0.2) is 21.0 Å². The van der Waals surface area contributed by atoms with Crippen LogP contribution >= 0.6 is 0 Å². The summed E-state index contributed by atoms with van der Waals surface area (Å²) in [7, 11) is 0. The van der Waals surface area contributed by atoms with E-state index in [1.807, 2.05) is 23.0 Å². The fourth-order valence-electron chi connectivity index (χ4n) is 3.00. The van der Waals surface area contributed by atoms with E-state index in [0.29, 0.717) is 6.04 Å². The lowest BCUT2D eigenvalue weighted by Crippen LogP contribution is -2.30. The number of hydrogen-bond acceptors (Lipinski definition) is 3. The summed E-state index contributed by atoms with van der Waals surface area (Å²) in [6.07, 6.45) is 4.36. The van der Waals surface area contributed by atoms with Crippen molar-refractivity contribution in [2.24, 2.45) is 0 Å². The van der Waals surface area contributed by atoms with Gasteiger partial charge in [0.2, 0.25) is 0 Å². The molecule has 21 heavy (non-hydrogen) atoms. The van der Waals surface area contributed by atoms with Crippen LogP contribution in [0.25, 0.3) is 0 Å². The van der Waals surface area contributed by atoms with E-state index in [4.69, 9.17) is 0 Å². The summed E-state index contributed by atoms with van der Waals surface area (Å²) in [5.74, 6) is 0. The van der Waals surface area contributed by atoms with Gasteiger partial charge in [-0.15, -0.1) is 0 Å². The molecule has 1 aromatic carbocycles. The molecular formula is C17H23N3O. The van der Waals surface area contributed by atoms with Gasteiger partial charge in [0.25, 0.3) is 0 Å². The molecule has 1 aliphatic carbocycles. The van der Waals surface area contributed by atoms with Crippen molar-refractivity contribution in [1.29, 1.82) is 0 Å². The minimum absolute atomic E-state index is 0.00130. The van der Waals surface area contributed by atoms with Gasteiger partial charge in [0, 0.05) is 30.3 Å². The summed E-state index contributed by atoms with van der Waals surface area (Å²) < 4.78 is 1.96. The summed E-state index contributed by atoms with van der Waals surface area (Å²) >= 11 is 0. The molecule has 0 radical (unpaired) electrons. The average molecular weight is 285 g/mol. The van der Waals surface area contributed by atoms with E-state index in [9.17, 15) is 5.11 Å². The van der Waals surface area contributed by atoms with Gasteiger partial charge in [-0.25, -0.2) is 0 Å². The summed E-state index contributed by atoms with van der Waals surface area (Å²) in [5.41, 5.74) is 3.61. The number of aromatic nitrogens is 2. The number of benzene rings is 1. The Balaban J connectivity index is 1.76. The van der Waals surface area contributed by atoms with E-state index in [0.717, 1.165) is 12.0 Å². The first-order chi connectivity index (χ1) is 10.1. The molecule has 4 heteroatoms. The number of nitrogens with zero attached hydrogens (tertiary/aromatic N) is 2. The lowest BCUT2D eigenvalue weighted by Gasteiger charge is -2.22. The molecular weight excluding hydrogens is 262 g/mol.